The molecule has 3 heteroatoms. The fourth-order valence-corrected chi connectivity index (χ4v) is 1.64. The number of aliphatic hydroxyl groups is 1. The maximum Gasteiger partial charge on any atom is 0.0684 e. The van der Waals surface area contributed by atoms with Gasteiger partial charge in [-0.25, -0.2) is 0 Å². The standard InChI is InChI=1S/C13H22N2O/c1-4-15(5-2)13-8-6-12(7-9-13)14-10-11(3)16/h6-9,11,14,16H,4-5,10H2,1-3H3/t11-/m1/s1. The van der Waals surface area contributed by atoms with Crippen LogP contribution in [0.2, 0.25) is 0 Å². The van der Waals surface area contributed by atoms with E-state index in [1.54, 1.807) is 6.92 Å². The Kier molecular flexibility index (Phi) is 5.12. The molecule has 3 nitrogen and oxygen atoms in total. The first-order chi connectivity index (χ1) is 7.67. The van der Waals surface area contributed by atoms with Gasteiger partial charge in [-0.3, -0.25) is 0 Å². The minimum Gasteiger partial charge on any atom is -0.392 e. The van der Waals surface area contributed by atoms with Crippen molar-refractivity contribution in [2.75, 3.05) is 29.9 Å². The molecule has 0 saturated heterocycles. The molecule has 1 aromatic rings. The Labute approximate surface area is 98.1 Å². The van der Waals surface area contributed by atoms with Crippen LogP contribution in [0.3, 0.4) is 0 Å². The average Bonchev–Trinajstić information content (AvgIpc) is 2.29. The van der Waals surface area contributed by atoms with Gasteiger partial charge in [0.25, 0.3) is 0 Å². The van der Waals surface area contributed by atoms with E-state index in [9.17, 15) is 0 Å². The van der Waals surface area contributed by atoms with E-state index < -0.39 is 0 Å². The first-order valence-electron chi connectivity index (χ1n) is 5.94. The fourth-order valence-electron chi connectivity index (χ4n) is 1.64. The largest absolute Gasteiger partial charge is 0.392 e. The normalized spacial score (nSPS) is 12.2. The molecule has 0 spiro atoms. The molecular formula is C13H22N2O. The lowest BCUT2D eigenvalue weighted by atomic mass is 10.2. The lowest BCUT2D eigenvalue weighted by Crippen LogP contribution is -2.21. The molecule has 0 saturated carbocycles. The molecule has 0 aliphatic heterocycles. The molecule has 0 aliphatic carbocycles. The summed E-state index contributed by atoms with van der Waals surface area (Å²) in [5, 5.41) is 12.3. The first-order valence-corrected chi connectivity index (χ1v) is 5.94. The predicted octanol–water partition coefficient (Wildman–Crippen LogP) is 2.33. The molecule has 2 N–H and O–H groups in total. The van der Waals surface area contributed by atoms with Crippen molar-refractivity contribution in [1.82, 2.24) is 0 Å². The quantitative estimate of drug-likeness (QED) is 0.775. The number of nitrogens with one attached hydrogen (secondary N) is 1. The summed E-state index contributed by atoms with van der Waals surface area (Å²) in [6.45, 7) is 8.72. The Morgan fingerprint density at radius 1 is 1.19 bits per heavy atom. The van der Waals surface area contributed by atoms with Gasteiger partial charge in [0, 0.05) is 31.0 Å². The maximum absolute atomic E-state index is 9.16. The van der Waals surface area contributed by atoms with E-state index >= 15 is 0 Å². The van der Waals surface area contributed by atoms with Crippen molar-refractivity contribution < 1.29 is 5.11 Å². The predicted molar refractivity (Wildman–Crippen MR) is 70.2 cm³/mol. The second kappa shape index (κ2) is 6.38. The van der Waals surface area contributed by atoms with Crippen molar-refractivity contribution in [1.29, 1.82) is 0 Å². The van der Waals surface area contributed by atoms with E-state index in [4.69, 9.17) is 5.11 Å². The summed E-state index contributed by atoms with van der Waals surface area (Å²) in [5.41, 5.74) is 2.30. The van der Waals surface area contributed by atoms with Crippen molar-refractivity contribution in [2.45, 2.75) is 26.9 Å². The van der Waals surface area contributed by atoms with Gasteiger partial charge in [0.2, 0.25) is 0 Å². The van der Waals surface area contributed by atoms with Crippen molar-refractivity contribution in [2.24, 2.45) is 0 Å². The van der Waals surface area contributed by atoms with Crippen LogP contribution in [0.25, 0.3) is 0 Å². The third-order valence-corrected chi connectivity index (χ3v) is 2.60. The topological polar surface area (TPSA) is 35.5 Å². The van der Waals surface area contributed by atoms with Crippen molar-refractivity contribution in [3.63, 3.8) is 0 Å². The van der Waals surface area contributed by atoms with Crippen LogP contribution in [-0.2, 0) is 0 Å². The molecule has 0 radical (unpaired) electrons. The highest BCUT2D eigenvalue weighted by Crippen LogP contribution is 2.17. The van der Waals surface area contributed by atoms with Gasteiger partial charge in [0.15, 0.2) is 0 Å². The average molecular weight is 222 g/mol. The molecule has 0 heterocycles. The van der Waals surface area contributed by atoms with E-state index in [1.807, 2.05) is 0 Å². The Morgan fingerprint density at radius 3 is 2.19 bits per heavy atom. The molecule has 0 aromatic heterocycles. The molecule has 0 fully saturated rings. The van der Waals surface area contributed by atoms with Crippen molar-refractivity contribution in [3.05, 3.63) is 24.3 Å². The Bertz CT molecular complexity index is 291. The second-order valence-corrected chi connectivity index (χ2v) is 3.95. The van der Waals surface area contributed by atoms with Gasteiger partial charge in [-0.2, -0.15) is 0 Å². The summed E-state index contributed by atoms with van der Waals surface area (Å²) in [4.78, 5) is 2.30. The van der Waals surface area contributed by atoms with Crippen LogP contribution in [0.1, 0.15) is 20.8 Å². The number of anilines is 2. The van der Waals surface area contributed by atoms with Crippen LogP contribution in [-0.4, -0.2) is 30.8 Å². The van der Waals surface area contributed by atoms with Gasteiger partial charge < -0.3 is 15.3 Å². The Balaban J connectivity index is 2.60. The first kappa shape index (κ1) is 12.8. The number of aliphatic hydroxyl groups excluding tert-OH is 1. The zero-order valence-electron chi connectivity index (χ0n) is 10.4. The van der Waals surface area contributed by atoms with Gasteiger partial charge in [0.05, 0.1) is 6.10 Å². The summed E-state index contributed by atoms with van der Waals surface area (Å²) >= 11 is 0. The van der Waals surface area contributed by atoms with Crippen LogP contribution in [0.4, 0.5) is 11.4 Å². The molecular weight excluding hydrogens is 200 g/mol. The van der Waals surface area contributed by atoms with E-state index in [-0.39, 0.29) is 6.10 Å². The van der Waals surface area contributed by atoms with E-state index in [1.165, 1.54) is 5.69 Å². The highest BCUT2D eigenvalue weighted by atomic mass is 16.3. The zero-order chi connectivity index (χ0) is 12.0. The molecule has 1 atom stereocenters. The minimum atomic E-state index is -0.317. The van der Waals surface area contributed by atoms with Crippen LogP contribution < -0.4 is 10.2 Å². The van der Waals surface area contributed by atoms with Crippen molar-refractivity contribution >= 4 is 11.4 Å². The molecule has 0 bridgehead atoms. The number of rotatable bonds is 6. The third kappa shape index (κ3) is 3.74. The second-order valence-electron chi connectivity index (χ2n) is 3.95. The summed E-state index contributed by atoms with van der Waals surface area (Å²) < 4.78 is 0. The van der Waals surface area contributed by atoms with Gasteiger partial charge >= 0.3 is 0 Å². The molecule has 0 amide bonds. The van der Waals surface area contributed by atoms with E-state index in [0.717, 1.165) is 18.8 Å². The fraction of sp³-hybridized carbons (Fsp3) is 0.538. The summed E-state index contributed by atoms with van der Waals surface area (Å²) in [7, 11) is 0. The third-order valence-electron chi connectivity index (χ3n) is 2.60. The molecule has 0 aliphatic rings. The van der Waals surface area contributed by atoms with Crippen LogP contribution >= 0.6 is 0 Å². The van der Waals surface area contributed by atoms with Crippen LogP contribution in [0, 0.1) is 0 Å². The van der Waals surface area contributed by atoms with Crippen LogP contribution in [0.5, 0.6) is 0 Å². The zero-order valence-corrected chi connectivity index (χ0v) is 10.4. The maximum atomic E-state index is 9.16. The lowest BCUT2D eigenvalue weighted by Gasteiger charge is -2.21. The smallest absolute Gasteiger partial charge is 0.0684 e. The molecule has 90 valence electrons. The number of hydrogen-bond donors (Lipinski definition) is 2. The number of benzene rings is 1. The SMILES string of the molecule is CCN(CC)c1ccc(NC[C@@H](C)O)cc1. The Morgan fingerprint density at radius 2 is 1.75 bits per heavy atom. The molecule has 0 unspecified atom stereocenters. The highest BCUT2D eigenvalue weighted by Gasteiger charge is 2.01. The summed E-state index contributed by atoms with van der Waals surface area (Å²) in [6, 6.07) is 8.32. The minimum absolute atomic E-state index is 0.317. The van der Waals surface area contributed by atoms with Gasteiger partial charge in [-0.05, 0) is 45.0 Å². The molecule has 1 aromatic carbocycles. The van der Waals surface area contributed by atoms with E-state index in [0.29, 0.717) is 6.54 Å². The van der Waals surface area contributed by atoms with Gasteiger partial charge in [-0.15, -0.1) is 0 Å². The highest BCUT2D eigenvalue weighted by molar-refractivity contribution is 5.55. The monoisotopic (exact) mass is 222 g/mol. The lowest BCUT2D eigenvalue weighted by molar-refractivity contribution is 0.208. The van der Waals surface area contributed by atoms with Crippen LogP contribution in [0.15, 0.2) is 24.3 Å². The van der Waals surface area contributed by atoms with Gasteiger partial charge in [0.1, 0.15) is 0 Å². The molecule has 16 heavy (non-hydrogen) atoms. The Hall–Kier alpha value is -1.22. The van der Waals surface area contributed by atoms with Gasteiger partial charge in [-0.1, -0.05) is 0 Å². The van der Waals surface area contributed by atoms with E-state index in [2.05, 4.69) is 48.3 Å². The molecule has 1 rings (SSSR count). The number of hydrogen-bond acceptors (Lipinski definition) is 3. The summed E-state index contributed by atoms with van der Waals surface area (Å²) in [6.07, 6.45) is -0.317. The van der Waals surface area contributed by atoms with Crippen molar-refractivity contribution in [3.8, 4) is 0 Å². The number of nitrogens with zero attached hydrogens (tertiary/aromatic N) is 1. The summed E-state index contributed by atoms with van der Waals surface area (Å²) in [5.74, 6) is 0.